The average molecular weight is 232 g/mol. The molecule has 0 aliphatic heterocycles. The van der Waals surface area contributed by atoms with Gasteiger partial charge in [0, 0.05) is 5.41 Å². The fourth-order valence-electron chi connectivity index (χ4n) is 2.36. The summed E-state index contributed by atoms with van der Waals surface area (Å²) in [7, 11) is 1.69. The van der Waals surface area contributed by atoms with E-state index >= 15 is 0 Å². The summed E-state index contributed by atoms with van der Waals surface area (Å²) in [4.78, 5) is 11.6. The van der Waals surface area contributed by atoms with Gasteiger partial charge < -0.3 is 4.74 Å². The summed E-state index contributed by atoms with van der Waals surface area (Å²) >= 11 is 0. The summed E-state index contributed by atoms with van der Waals surface area (Å²) in [5.74, 6) is 1.23. The van der Waals surface area contributed by atoms with Gasteiger partial charge >= 0.3 is 0 Å². The number of ketones is 1. The second kappa shape index (κ2) is 4.52. The lowest BCUT2D eigenvalue weighted by Crippen LogP contribution is -2.15. The highest BCUT2D eigenvalue weighted by molar-refractivity contribution is 5.85. The van der Waals surface area contributed by atoms with Crippen molar-refractivity contribution in [3.05, 3.63) is 29.3 Å². The molecule has 0 spiro atoms. The quantitative estimate of drug-likeness (QED) is 0.779. The molecule has 0 saturated heterocycles. The van der Waals surface area contributed by atoms with Gasteiger partial charge in [-0.2, -0.15) is 0 Å². The van der Waals surface area contributed by atoms with E-state index in [1.807, 2.05) is 6.07 Å². The third kappa shape index (κ3) is 2.36. The summed E-state index contributed by atoms with van der Waals surface area (Å²) in [6.45, 7) is 3.85. The molecular formula is C15H20O2. The molecule has 0 atom stereocenters. The van der Waals surface area contributed by atoms with Crippen LogP contribution in [0.3, 0.4) is 0 Å². The molecule has 2 heteroatoms. The Morgan fingerprint density at radius 3 is 2.59 bits per heavy atom. The van der Waals surface area contributed by atoms with Crippen LogP contribution in [0.5, 0.6) is 5.75 Å². The Morgan fingerprint density at radius 2 is 2.12 bits per heavy atom. The molecule has 0 amide bonds. The van der Waals surface area contributed by atoms with Crippen LogP contribution < -0.4 is 4.74 Å². The minimum atomic E-state index is -0.0837. The Balaban J connectivity index is 2.27. The summed E-state index contributed by atoms with van der Waals surface area (Å²) < 4.78 is 5.39. The smallest absolute Gasteiger partial charge is 0.136 e. The Hall–Kier alpha value is -1.31. The molecule has 1 aliphatic carbocycles. The number of benzene rings is 1. The van der Waals surface area contributed by atoms with Crippen molar-refractivity contribution in [3.63, 3.8) is 0 Å². The monoisotopic (exact) mass is 232 g/mol. The normalized spacial score (nSPS) is 16.6. The number of rotatable bonds is 5. The number of methoxy groups -OCH3 is 1. The second-order valence-electron chi connectivity index (χ2n) is 5.01. The minimum absolute atomic E-state index is 0.0837. The number of hydrogen-bond acceptors (Lipinski definition) is 2. The fourth-order valence-corrected chi connectivity index (χ4v) is 2.36. The molecule has 0 radical (unpaired) electrons. The Bertz CT molecular complexity index is 431. The first-order valence-corrected chi connectivity index (χ1v) is 6.28. The van der Waals surface area contributed by atoms with Gasteiger partial charge in [-0.3, -0.25) is 4.79 Å². The zero-order chi connectivity index (χ0) is 12.5. The Kier molecular flexibility index (Phi) is 3.23. The van der Waals surface area contributed by atoms with Gasteiger partial charge in [0.05, 0.1) is 7.11 Å². The van der Waals surface area contributed by atoms with Crippen molar-refractivity contribution in [2.45, 2.75) is 39.5 Å². The number of carbonyl (C=O) groups is 1. The fraction of sp³-hybridized carbons (Fsp3) is 0.533. The van der Waals surface area contributed by atoms with E-state index < -0.39 is 0 Å². The van der Waals surface area contributed by atoms with Crippen LogP contribution >= 0.6 is 0 Å². The van der Waals surface area contributed by atoms with Crippen molar-refractivity contribution in [1.82, 2.24) is 0 Å². The van der Waals surface area contributed by atoms with Gasteiger partial charge in [0.1, 0.15) is 11.5 Å². The van der Waals surface area contributed by atoms with Crippen LogP contribution in [-0.4, -0.2) is 12.9 Å². The molecular weight excluding hydrogens is 212 g/mol. The van der Waals surface area contributed by atoms with Crippen molar-refractivity contribution in [2.24, 2.45) is 5.41 Å². The first-order valence-electron chi connectivity index (χ1n) is 6.28. The van der Waals surface area contributed by atoms with Crippen LogP contribution in [0.15, 0.2) is 18.2 Å². The van der Waals surface area contributed by atoms with Gasteiger partial charge in [-0.15, -0.1) is 0 Å². The highest BCUT2D eigenvalue weighted by Gasteiger charge is 2.47. The molecule has 2 nitrogen and oxygen atoms in total. The molecule has 1 saturated carbocycles. The highest BCUT2D eigenvalue weighted by Crippen LogP contribution is 2.50. The van der Waals surface area contributed by atoms with E-state index in [-0.39, 0.29) is 5.41 Å². The lowest BCUT2D eigenvalue weighted by atomic mass is 9.91. The van der Waals surface area contributed by atoms with Crippen LogP contribution in [0.4, 0.5) is 0 Å². The van der Waals surface area contributed by atoms with E-state index in [2.05, 4.69) is 19.1 Å². The predicted octanol–water partition coefficient (Wildman–Crippen LogP) is 3.17. The summed E-state index contributed by atoms with van der Waals surface area (Å²) in [6, 6.07) is 6.29. The summed E-state index contributed by atoms with van der Waals surface area (Å²) in [5.41, 5.74) is 2.40. The molecule has 0 N–H and O–H groups in total. The van der Waals surface area contributed by atoms with Gasteiger partial charge in [0.25, 0.3) is 0 Å². The van der Waals surface area contributed by atoms with E-state index in [4.69, 9.17) is 4.74 Å². The molecule has 0 aromatic heterocycles. The lowest BCUT2D eigenvalue weighted by molar-refractivity contribution is -0.121. The lowest BCUT2D eigenvalue weighted by Gasteiger charge is -2.15. The predicted molar refractivity (Wildman–Crippen MR) is 68.4 cm³/mol. The van der Waals surface area contributed by atoms with Crippen molar-refractivity contribution in [2.75, 3.05) is 7.11 Å². The second-order valence-corrected chi connectivity index (χ2v) is 5.01. The van der Waals surface area contributed by atoms with Gasteiger partial charge in [0.2, 0.25) is 0 Å². The maximum Gasteiger partial charge on any atom is 0.136 e. The first kappa shape index (κ1) is 12.2. The van der Waals surface area contributed by atoms with Gasteiger partial charge in [-0.25, -0.2) is 0 Å². The van der Waals surface area contributed by atoms with Crippen molar-refractivity contribution in [1.29, 1.82) is 0 Å². The standard InChI is InChI=1S/C15H20O2/c1-4-12-5-6-14(17-3)13(9-12)10-15(7-8-15)11(2)16/h5-6,9H,4,7-8,10H2,1-3H3. The maximum absolute atomic E-state index is 11.6. The van der Waals surface area contributed by atoms with E-state index in [1.165, 1.54) is 11.1 Å². The number of carbonyl (C=O) groups excluding carboxylic acids is 1. The van der Waals surface area contributed by atoms with E-state index in [1.54, 1.807) is 14.0 Å². The molecule has 0 heterocycles. The van der Waals surface area contributed by atoms with E-state index in [9.17, 15) is 4.79 Å². The molecule has 1 aromatic carbocycles. The molecule has 1 fully saturated rings. The number of ether oxygens (including phenoxy) is 1. The maximum atomic E-state index is 11.6. The largest absolute Gasteiger partial charge is 0.496 e. The molecule has 1 aliphatic rings. The Morgan fingerprint density at radius 1 is 1.41 bits per heavy atom. The van der Waals surface area contributed by atoms with Crippen molar-refractivity contribution in [3.8, 4) is 5.75 Å². The zero-order valence-electron chi connectivity index (χ0n) is 10.9. The van der Waals surface area contributed by atoms with Crippen LogP contribution in [0, 0.1) is 5.41 Å². The number of aryl methyl sites for hydroxylation is 1. The topological polar surface area (TPSA) is 26.3 Å². The number of hydrogen-bond donors (Lipinski definition) is 0. The highest BCUT2D eigenvalue weighted by atomic mass is 16.5. The summed E-state index contributed by atoms with van der Waals surface area (Å²) in [5, 5.41) is 0. The molecule has 0 unspecified atom stereocenters. The SMILES string of the molecule is CCc1ccc(OC)c(CC2(C(C)=O)CC2)c1. The molecule has 2 rings (SSSR count). The van der Waals surface area contributed by atoms with E-state index in [0.717, 1.165) is 31.4 Å². The average Bonchev–Trinajstić information content (AvgIpc) is 3.10. The molecule has 1 aromatic rings. The van der Waals surface area contributed by atoms with Crippen LogP contribution in [0.2, 0.25) is 0 Å². The minimum Gasteiger partial charge on any atom is -0.496 e. The third-order valence-electron chi connectivity index (χ3n) is 3.88. The van der Waals surface area contributed by atoms with Gasteiger partial charge in [-0.1, -0.05) is 19.1 Å². The summed E-state index contributed by atoms with van der Waals surface area (Å²) in [6.07, 6.45) is 3.91. The van der Waals surface area contributed by atoms with Crippen molar-refractivity contribution < 1.29 is 9.53 Å². The van der Waals surface area contributed by atoms with Crippen LogP contribution in [0.25, 0.3) is 0 Å². The van der Waals surface area contributed by atoms with E-state index in [0.29, 0.717) is 5.78 Å². The molecule has 92 valence electrons. The zero-order valence-corrected chi connectivity index (χ0v) is 10.9. The number of Topliss-reactive ketones (excluding diaryl/α,β-unsaturated/α-hetero) is 1. The first-order chi connectivity index (χ1) is 8.11. The van der Waals surface area contributed by atoms with Gasteiger partial charge in [0.15, 0.2) is 0 Å². The van der Waals surface area contributed by atoms with Crippen LogP contribution in [0.1, 0.15) is 37.8 Å². The molecule has 17 heavy (non-hydrogen) atoms. The van der Waals surface area contributed by atoms with Crippen molar-refractivity contribution >= 4 is 5.78 Å². The molecule has 0 bridgehead atoms. The van der Waals surface area contributed by atoms with Gasteiger partial charge in [-0.05, 0) is 49.8 Å². The van der Waals surface area contributed by atoms with Crippen LogP contribution in [-0.2, 0) is 17.6 Å². The Labute approximate surface area is 103 Å². The third-order valence-corrected chi connectivity index (χ3v) is 3.88.